The topological polar surface area (TPSA) is 66.4 Å². The molecule has 1 aliphatic rings. The quantitative estimate of drug-likeness (QED) is 0.898. The van der Waals surface area contributed by atoms with Crippen LogP contribution in [0.25, 0.3) is 0 Å². The van der Waals surface area contributed by atoms with E-state index in [4.69, 9.17) is 5.11 Å². The third kappa shape index (κ3) is 2.92. The number of carboxylic acids is 1. The molecule has 1 aromatic carbocycles. The molecular formula is C13H12F3NO3. The average molecular weight is 287 g/mol. The number of carbonyl (C=O) groups is 2. The van der Waals surface area contributed by atoms with Gasteiger partial charge in [0.25, 0.3) is 0 Å². The lowest BCUT2D eigenvalue weighted by Crippen LogP contribution is -2.17. The highest BCUT2D eigenvalue weighted by atomic mass is 19.4. The van der Waals surface area contributed by atoms with Crippen molar-refractivity contribution < 1.29 is 27.9 Å². The smallest absolute Gasteiger partial charge is 0.416 e. The summed E-state index contributed by atoms with van der Waals surface area (Å²) in [6.45, 7) is 1.33. The number of alkyl halides is 3. The fourth-order valence-electron chi connectivity index (χ4n) is 2.00. The highest BCUT2D eigenvalue weighted by Crippen LogP contribution is 2.40. The van der Waals surface area contributed by atoms with Crippen molar-refractivity contribution in [1.29, 1.82) is 0 Å². The van der Waals surface area contributed by atoms with E-state index >= 15 is 0 Å². The Kier molecular flexibility index (Phi) is 3.45. The van der Waals surface area contributed by atoms with Crippen LogP contribution >= 0.6 is 0 Å². The lowest BCUT2D eigenvalue weighted by molar-refractivity contribution is -0.140. The monoisotopic (exact) mass is 287 g/mol. The number of carbonyl (C=O) groups excluding carboxylic acids is 1. The Labute approximate surface area is 112 Å². The Morgan fingerprint density at radius 3 is 2.45 bits per heavy atom. The number of halogens is 3. The summed E-state index contributed by atoms with van der Waals surface area (Å²) < 4.78 is 38.1. The number of nitrogens with one attached hydrogen (secondary N) is 1. The number of hydrogen-bond donors (Lipinski definition) is 2. The molecule has 4 nitrogen and oxygen atoms in total. The molecule has 2 rings (SSSR count). The summed E-state index contributed by atoms with van der Waals surface area (Å²) in [4.78, 5) is 22.3. The van der Waals surface area contributed by atoms with Gasteiger partial charge in [0.2, 0.25) is 5.91 Å². The number of benzene rings is 1. The summed E-state index contributed by atoms with van der Waals surface area (Å²) in [7, 11) is 0. The van der Waals surface area contributed by atoms with Gasteiger partial charge >= 0.3 is 12.1 Å². The molecule has 2 atom stereocenters. The molecule has 1 amide bonds. The molecule has 1 aliphatic carbocycles. The van der Waals surface area contributed by atoms with E-state index in [0.717, 1.165) is 6.07 Å². The van der Waals surface area contributed by atoms with E-state index in [1.807, 2.05) is 0 Å². The van der Waals surface area contributed by atoms with Gasteiger partial charge in [0.15, 0.2) is 0 Å². The minimum Gasteiger partial charge on any atom is -0.481 e. The number of hydrogen-bond acceptors (Lipinski definition) is 2. The fourth-order valence-corrected chi connectivity index (χ4v) is 2.00. The summed E-state index contributed by atoms with van der Waals surface area (Å²) in [6, 6.07) is 3.48. The summed E-state index contributed by atoms with van der Waals surface area (Å²) in [5, 5.41) is 11.0. The highest BCUT2D eigenvalue weighted by molar-refractivity contribution is 5.98. The number of rotatable bonds is 3. The van der Waals surface area contributed by atoms with E-state index in [-0.39, 0.29) is 17.7 Å². The van der Waals surface area contributed by atoms with Crippen LogP contribution in [0.3, 0.4) is 0 Å². The van der Waals surface area contributed by atoms with Crippen molar-refractivity contribution in [3.63, 3.8) is 0 Å². The van der Waals surface area contributed by atoms with Crippen LogP contribution in [-0.2, 0) is 15.8 Å². The Morgan fingerprint density at radius 2 is 1.95 bits per heavy atom. The third-order valence-electron chi connectivity index (χ3n) is 3.25. The lowest BCUT2D eigenvalue weighted by Gasteiger charge is -2.12. The zero-order chi connectivity index (χ0) is 15.1. The molecule has 1 fully saturated rings. The summed E-state index contributed by atoms with van der Waals surface area (Å²) in [5.41, 5.74) is -0.741. The Bertz CT molecular complexity index is 568. The van der Waals surface area contributed by atoms with Gasteiger partial charge in [-0.2, -0.15) is 13.2 Å². The maximum Gasteiger partial charge on any atom is 0.416 e. The van der Waals surface area contributed by atoms with Gasteiger partial charge in [0.05, 0.1) is 17.4 Å². The van der Waals surface area contributed by atoms with Crippen molar-refractivity contribution >= 4 is 17.6 Å². The minimum atomic E-state index is -4.49. The standard InChI is InChI=1S/C13H12F3NO3/c1-6-2-3-7(4-10(6)13(14,15)16)17-11(18)8-5-9(8)12(19)20/h2-4,8-9H,5H2,1H3,(H,17,18)(H,19,20). The molecule has 1 saturated carbocycles. The van der Waals surface area contributed by atoms with Gasteiger partial charge in [-0.05, 0) is 31.0 Å². The molecule has 0 heterocycles. The first-order valence-corrected chi connectivity index (χ1v) is 5.91. The van der Waals surface area contributed by atoms with Crippen LogP contribution in [0, 0.1) is 18.8 Å². The molecule has 0 bridgehead atoms. The van der Waals surface area contributed by atoms with Gasteiger partial charge in [0, 0.05) is 5.69 Å². The zero-order valence-corrected chi connectivity index (χ0v) is 10.5. The SMILES string of the molecule is Cc1ccc(NC(=O)C2CC2C(=O)O)cc1C(F)(F)F. The van der Waals surface area contributed by atoms with Crippen molar-refractivity contribution in [3.05, 3.63) is 29.3 Å². The normalized spacial score (nSPS) is 21.4. The van der Waals surface area contributed by atoms with Crippen molar-refractivity contribution in [2.24, 2.45) is 11.8 Å². The second-order valence-electron chi connectivity index (χ2n) is 4.80. The van der Waals surface area contributed by atoms with E-state index in [0.29, 0.717) is 0 Å². The number of carboxylic acid groups (broad SMARTS) is 1. The second-order valence-corrected chi connectivity index (χ2v) is 4.80. The van der Waals surface area contributed by atoms with Gasteiger partial charge < -0.3 is 10.4 Å². The number of anilines is 1. The minimum absolute atomic E-state index is 0.0176. The van der Waals surface area contributed by atoms with Crippen molar-refractivity contribution in [3.8, 4) is 0 Å². The number of aliphatic carboxylic acids is 1. The van der Waals surface area contributed by atoms with E-state index in [1.54, 1.807) is 0 Å². The lowest BCUT2D eigenvalue weighted by atomic mass is 10.1. The molecule has 20 heavy (non-hydrogen) atoms. The van der Waals surface area contributed by atoms with Crippen molar-refractivity contribution in [2.75, 3.05) is 5.32 Å². The summed E-state index contributed by atoms with van der Waals surface area (Å²) >= 11 is 0. The van der Waals surface area contributed by atoms with E-state index in [2.05, 4.69) is 5.32 Å². The zero-order valence-electron chi connectivity index (χ0n) is 10.5. The first kappa shape index (κ1) is 14.4. The molecule has 108 valence electrons. The molecule has 1 aromatic rings. The second kappa shape index (κ2) is 4.81. The van der Waals surface area contributed by atoms with Crippen LogP contribution in [0.2, 0.25) is 0 Å². The van der Waals surface area contributed by atoms with Crippen LogP contribution in [0.5, 0.6) is 0 Å². The Hall–Kier alpha value is -2.05. The molecule has 0 aromatic heterocycles. The van der Waals surface area contributed by atoms with Gasteiger partial charge in [-0.25, -0.2) is 0 Å². The van der Waals surface area contributed by atoms with Crippen LogP contribution in [0.15, 0.2) is 18.2 Å². The molecule has 2 N–H and O–H groups in total. The van der Waals surface area contributed by atoms with Crippen LogP contribution in [-0.4, -0.2) is 17.0 Å². The number of amides is 1. The Morgan fingerprint density at radius 1 is 1.30 bits per heavy atom. The molecule has 0 radical (unpaired) electrons. The molecular weight excluding hydrogens is 275 g/mol. The maximum atomic E-state index is 12.7. The van der Waals surface area contributed by atoms with Gasteiger partial charge in [-0.1, -0.05) is 6.07 Å². The van der Waals surface area contributed by atoms with Gasteiger partial charge in [-0.15, -0.1) is 0 Å². The van der Waals surface area contributed by atoms with Crippen LogP contribution in [0.4, 0.5) is 18.9 Å². The molecule has 0 aliphatic heterocycles. The predicted molar refractivity (Wildman–Crippen MR) is 64.0 cm³/mol. The highest BCUT2D eigenvalue weighted by Gasteiger charge is 2.48. The van der Waals surface area contributed by atoms with Crippen molar-refractivity contribution in [1.82, 2.24) is 0 Å². The van der Waals surface area contributed by atoms with E-state index < -0.39 is 35.5 Å². The van der Waals surface area contributed by atoms with Crippen molar-refractivity contribution in [2.45, 2.75) is 19.5 Å². The first-order chi connectivity index (χ1) is 9.20. The summed E-state index contributed by atoms with van der Waals surface area (Å²) in [5.74, 6) is -3.02. The third-order valence-corrected chi connectivity index (χ3v) is 3.25. The first-order valence-electron chi connectivity index (χ1n) is 5.91. The van der Waals surface area contributed by atoms with Crippen LogP contribution in [0.1, 0.15) is 17.5 Å². The van der Waals surface area contributed by atoms with Gasteiger partial charge in [0.1, 0.15) is 0 Å². The summed E-state index contributed by atoms with van der Waals surface area (Å²) in [6.07, 6.45) is -4.27. The van der Waals surface area contributed by atoms with E-state index in [1.165, 1.54) is 19.1 Å². The van der Waals surface area contributed by atoms with Crippen LogP contribution < -0.4 is 5.32 Å². The molecule has 0 saturated heterocycles. The molecule has 7 heteroatoms. The van der Waals surface area contributed by atoms with E-state index in [9.17, 15) is 22.8 Å². The fraction of sp³-hybridized carbons (Fsp3) is 0.385. The molecule has 2 unspecified atom stereocenters. The maximum absolute atomic E-state index is 12.7. The average Bonchev–Trinajstić information content (AvgIpc) is 3.10. The Balaban J connectivity index is 2.11. The van der Waals surface area contributed by atoms with Gasteiger partial charge in [-0.3, -0.25) is 9.59 Å². The molecule has 0 spiro atoms. The predicted octanol–water partition coefficient (Wildman–Crippen LogP) is 2.67. The largest absolute Gasteiger partial charge is 0.481 e. The number of aryl methyl sites for hydroxylation is 1.